The molecule has 0 saturated carbocycles. The zero-order valence-corrected chi connectivity index (χ0v) is 13.5. The maximum atomic E-state index is 12.5. The Bertz CT molecular complexity index is 473. The van der Waals surface area contributed by atoms with Gasteiger partial charge in [-0.15, -0.1) is 0 Å². The number of hydrogen-bond donors (Lipinski definition) is 1. The van der Waals surface area contributed by atoms with Gasteiger partial charge in [0, 0.05) is 20.1 Å². The number of carboxylic acids is 1. The van der Waals surface area contributed by atoms with E-state index in [1.54, 1.807) is 0 Å². The lowest BCUT2D eigenvalue weighted by Gasteiger charge is -2.26. The molecule has 0 bridgehead atoms. The SMILES string of the molecule is COCCN(CC(=O)O)C(=O)CC(c1ccccc1)C(C)C. The van der Waals surface area contributed by atoms with Crippen molar-refractivity contribution >= 4 is 11.9 Å². The van der Waals surface area contributed by atoms with Crippen LogP contribution in [0.3, 0.4) is 0 Å². The molecule has 1 aromatic rings. The van der Waals surface area contributed by atoms with Crippen molar-refractivity contribution in [2.75, 3.05) is 26.8 Å². The molecule has 5 heteroatoms. The van der Waals surface area contributed by atoms with Gasteiger partial charge in [0.2, 0.25) is 5.91 Å². The van der Waals surface area contributed by atoms with Crippen molar-refractivity contribution in [2.24, 2.45) is 5.92 Å². The molecule has 1 aromatic carbocycles. The number of amides is 1. The molecule has 1 rings (SSSR count). The number of benzene rings is 1. The summed E-state index contributed by atoms with van der Waals surface area (Å²) in [5.74, 6) is -0.791. The summed E-state index contributed by atoms with van der Waals surface area (Å²) in [5.41, 5.74) is 1.10. The van der Waals surface area contributed by atoms with E-state index < -0.39 is 5.97 Å². The molecule has 0 fully saturated rings. The van der Waals surface area contributed by atoms with Crippen LogP contribution in [0.4, 0.5) is 0 Å². The number of ether oxygens (including phenoxy) is 1. The summed E-state index contributed by atoms with van der Waals surface area (Å²) in [6.45, 7) is 4.48. The standard InChI is InChI=1S/C17H25NO4/c1-13(2)15(14-7-5-4-6-8-14)11-16(19)18(9-10-22-3)12-17(20)21/h4-8,13,15H,9-12H2,1-3H3,(H,20,21). The summed E-state index contributed by atoms with van der Waals surface area (Å²) >= 11 is 0. The van der Waals surface area contributed by atoms with Gasteiger partial charge >= 0.3 is 5.97 Å². The van der Waals surface area contributed by atoms with Crippen LogP contribution in [0.25, 0.3) is 0 Å². The molecule has 1 amide bonds. The average Bonchev–Trinajstić information content (AvgIpc) is 2.49. The zero-order valence-electron chi connectivity index (χ0n) is 13.5. The molecule has 0 aromatic heterocycles. The maximum absolute atomic E-state index is 12.5. The van der Waals surface area contributed by atoms with Gasteiger partial charge < -0.3 is 14.7 Å². The van der Waals surface area contributed by atoms with E-state index in [1.807, 2.05) is 30.3 Å². The number of carbonyl (C=O) groups excluding carboxylic acids is 1. The van der Waals surface area contributed by atoms with Crippen molar-refractivity contribution in [3.63, 3.8) is 0 Å². The van der Waals surface area contributed by atoms with Crippen LogP contribution in [0.1, 0.15) is 31.7 Å². The fraction of sp³-hybridized carbons (Fsp3) is 0.529. The van der Waals surface area contributed by atoms with Gasteiger partial charge in [-0.1, -0.05) is 44.2 Å². The summed E-state index contributed by atoms with van der Waals surface area (Å²) < 4.78 is 4.95. The van der Waals surface area contributed by atoms with Gasteiger partial charge in [0.25, 0.3) is 0 Å². The summed E-state index contributed by atoms with van der Waals surface area (Å²) in [6, 6.07) is 9.87. The van der Waals surface area contributed by atoms with Crippen LogP contribution in [0.15, 0.2) is 30.3 Å². The van der Waals surface area contributed by atoms with Crippen molar-refractivity contribution in [1.29, 1.82) is 0 Å². The van der Waals surface area contributed by atoms with Crippen molar-refractivity contribution in [1.82, 2.24) is 4.90 Å². The van der Waals surface area contributed by atoms with E-state index in [1.165, 1.54) is 12.0 Å². The van der Waals surface area contributed by atoms with Crippen molar-refractivity contribution in [3.05, 3.63) is 35.9 Å². The van der Waals surface area contributed by atoms with Gasteiger partial charge in [0.1, 0.15) is 6.54 Å². The molecule has 0 aliphatic carbocycles. The third-order valence-corrected chi connectivity index (χ3v) is 3.67. The van der Waals surface area contributed by atoms with Crippen LogP contribution in [0.2, 0.25) is 0 Å². The van der Waals surface area contributed by atoms with Crippen LogP contribution < -0.4 is 0 Å². The van der Waals surface area contributed by atoms with Crippen molar-refractivity contribution < 1.29 is 19.4 Å². The predicted molar refractivity (Wildman–Crippen MR) is 84.7 cm³/mol. The first-order valence-electron chi connectivity index (χ1n) is 7.49. The van der Waals surface area contributed by atoms with Gasteiger partial charge in [0.05, 0.1) is 6.61 Å². The lowest BCUT2D eigenvalue weighted by molar-refractivity contribution is -0.145. The molecule has 0 radical (unpaired) electrons. The van der Waals surface area contributed by atoms with Crippen molar-refractivity contribution in [3.8, 4) is 0 Å². The predicted octanol–water partition coefficient (Wildman–Crippen LogP) is 2.38. The molecule has 1 atom stereocenters. The number of aliphatic carboxylic acids is 1. The van der Waals surface area contributed by atoms with Crippen LogP contribution in [-0.2, 0) is 14.3 Å². The first kappa shape index (κ1) is 18.2. The first-order chi connectivity index (χ1) is 10.5. The molecular formula is C17H25NO4. The van der Waals surface area contributed by atoms with Gasteiger partial charge in [0.15, 0.2) is 0 Å². The summed E-state index contributed by atoms with van der Waals surface area (Å²) in [7, 11) is 1.53. The van der Waals surface area contributed by atoms with Gasteiger partial charge in [-0.2, -0.15) is 0 Å². The Hall–Kier alpha value is -1.88. The lowest BCUT2D eigenvalue weighted by Crippen LogP contribution is -2.39. The minimum absolute atomic E-state index is 0.0764. The molecule has 0 spiro atoms. The van der Waals surface area contributed by atoms with Crippen LogP contribution in [0.5, 0.6) is 0 Å². The maximum Gasteiger partial charge on any atom is 0.323 e. The fourth-order valence-corrected chi connectivity index (χ4v) is 2.41. The smallest absolute Gasteiger partial charge is 0.323 e. The molecule has 0 heterocycles. The number of methoxy groups -OCH3 is 1. The number of carboxylic acid groups (broad SMARTS) is 1. The van der Waals surface area contributed by atoms with E-state index in [2.05, 4.69) is 13.8 Å². The quantitative estimate of drug-likeness (QED) is 0.760. The van der Waals surface area contributed by atoms with E-state index in [0.29, 0.717) is 25.5 Å². The van der Waals surface area contributed by atoms with Crippen LogP contribution >= 0.6 is 0 Å². The molecule has 122 valence electrons. The monoisotopic (exact) mass is 307 g/mol. The molecule has 0 saturated heterocycles. The first-order valence-corrected chi connectivity index (χ1v) is 7.49. The molecule has 5 nitrogen and oxygen atoms in total. The summed E-state index contributed by atoms with van der Waals surface area (Å²) in [4.78, 5) is 24.8. The largest absolute Gasteiger partial charge is 0.480 e. The Morgan fingerprint density at radius 3 is 2.36 bits per heavy atom. The Morgan fingerprint density at radius 1 is 1.23 bits per heavy atom. The van der Waals surface area contributed by atoms with E-state index in [0.717, 1.165) is 5.56 Å². The van der Waals surface area contributed by atoms with Crippen molar-refractivity contribution in [2.45, 2.75) is 26.2 Å². The molecular weight excluding hydrogens is 282 g/mol. The number of rotatable bonds is 9. The number of nitrogens with zero attached hydrogens (tertiary/aromatic N) is 1. The second-order valence-corrected chi connectivity index (χ2v) is 5.67. The second-order valence-electron chi connectivity index (χ2n) is 5.67. The van der Waals surface area contributed by atoms with E-state index in [4.69, 9.17) is 9.84 Å². The third kappa shape index (κ3) is 5.85. The normalized spacial score (nSPS) is 12.2. The summed E-state index contributed by atoms with van der Waals surface area (Å²) in [5, 5.41) is 8.96. The van der Waals surface area contributed by atoms with Crippen LogP contribution in [-0.4, -0.2) is 48.7 Å². The lowest BCUT2D eigenvalue weighted by atomic mass is 9.85. The minimum atomic E-state index is -1.01. The number of hydrogen-bond acceptors (Lipinski definition) is 3. The second kappa shape index (κ2) is 9.20. The Labute approximate surface area is 131 Å². The minimum Gasteiger partial charge on any atom is -0.480 e. The van der Waals surface area contributed by atoms with Gasteiger partial charge in [-0.3, -0.25) is 9.59 Å². The highest BCUT2D eigenvalue weighted by atomic mass is 16.5. The highest BCUT2D eigenvalue weighted by molar-refractivity contribution is 5.82. The van der Waals surface area contributed by atoms with Crippen LogP contribution in [0, 0.1) is 5.92 Å². The third-order valence-electron chi connectivity index (χ3n) is 3.67. The highest BCUT2D eigenvalue weighted by Gasteiger charge is 2.24. The van der Waals surface area contributed by atoms with E-state index in [9.17, 15) is 9.59 Å². The van der Waals surface area contributed by atoms with Gasteiger partial charge in [-0.05, 0) is 17.4 Å². The highest BCUT2D eigenvalue weighted by Crippen LogP contribution is 2.28. The molecule has 0 aliphatic heterocycles. The molecule has 1 N–H and O–H groups in total. The Morgan fingerprint density at radius 2 is 1.86 bits per heavy atom. The Balaban J connectivity index is 2.81. The van der Waals surface area contributed by atoms with E-state index in [-0.39, 0.29) is 18.4 Å². The topological polar surface area (TPSA) is 66.8 Å². The van der Waals surface area contributed by atoms with Gasteiger partial charge in [-0.25, -0.2) is 0 Å². The number of carbonyl (C=O) groups is 2. The average molecular weight is 307 g/mol. The fourth-order valence-electron chi connectivity index (χ4n) is 2.41. The van der Waals surface area contributed by atoms with E-state index >= 15 is 0 Å². The zero-order chi connectivity index (χ0) is 16.5. The Kier molecular flexibility index (Phi) is 7.60. The summed E-state index contributed by atoms with van der Waals surface area (Å²) in [6.07, 6.45) is 0.304. The molecule has 22 heavy (non-hydrogen) atoms. The molecule has 0 aliphatic rings. The molecule has 1 unspecified atom stereocenters.